The van der Waals surface area contributed by atoms with Crippen LogP contribution in [-0.2, 0) is 52.3 Å². The van der Waals surface area contributed by atoms with Gasteiger partial charge < -0.3 is 62.9 Å². The molecule has 3 N–H and O–H groups in total. The van der Waals surface area contributed by atoms with Crippen LogP contribution >= 0.6 is 0 Å². The van der Waals surface area contributed by atoms with Crippen LogP contribution in [0.4, 0.5) is 0 Å². The van der Waals surface area contributed by atoms with Gasteiger partial charge >= 0.3 is 11.9 Å². The summed E-state index contributed by atoms with van der Waals surface area (Å²) in [6.07, 6.45) is -2.04. The molecule has 0 amide bonds. The number of rotatable bonds is 14. The van der Waals surface area contributed by atoms with E-state index in [1.54, 1.807) is 64.9 Å². The van der Waals surface area contributed by atoms with Crippen molar-refractivity contribution in [3.8, 4) is 0 Å². The normalized spacial score (nSPS) is 40.8. The molecule has 0 bridgehead atoms. The molecule has 334 valence electrons. The van der Waals surface area contributed by atoms with Crippen LogP contribution < -0.4 is 0 Å². The Bertz CT molecular complexity index is 1320. The maximum atomic E-state index is 13.3. The fourth-order valence-electron chi connectivity index (χ4n) is 8.12. The lowest BCUT2D eigenvalue weighted by molar-refractivity contribution is -0.345. The van der Waals surface area contributed by atoms with Gasteiger partial charge in [0.15, 0.2) is 12.6 Å². The Morgan fingerprint density at radius 3 is 2.36 bits per heavy atom. The molecule has 3 heterocycles. The molecule has 0 saturated carbocycles. The van der Waals surface area contributed by atoms with E-state index < -0.39 is 103 Å². The molecule has 15 heteroatoms. The molecule has 0 radical (unpaired) electrons. The number of aliphatic hydroxyl groups excluding tert-OH is 2. The smallest absolute Gasteiger partial charge is 0.309 e. The fourth-order valence-corrected chi connectivity index (χ4v) is 8.12. The molecule has 0 aromatic heterocycles. The first kappa shape index (κ1) is 50.0. The Kier molecular flexibility index (Phi) is 20.4. The predicted octanol–water partition coefficient (Wildman–Crippen LogP) is 3.88. The molecule has 1 unspecified atom stereocenters. The first-order chi connectivity index (χ1) is 27.3. The maximum Gasteiger partial charge on any atom is 0.309 e. The van der Waals surface area contributed by atoms with Gasteiger partial charge in [0.05, 0.1) is 42.5 Å². The van der Waals surface area contributed by atoms with Crippen molar-refractivity contribution < 1.29 is 67.6 Å². The lowest BCUT2D eigenvalue weighted by Crippen LogP contribution is -2.66. The summed E-state index contributed by atoms with van der Waals surface area (Å²) in [7, 11) is 4.96. The zero-order chi connectivity index (χ0) is 43.3. The predicted molar refractivity (Wildman–Crippen MR) is 214 cm³/mol. The molecule has 2 saturated heterocycles. The van der Waals surface area contributed by atoms with Crippen molar-refractivity contribution in [1.82, 2.24) is 4.90 Å². The number of methoxy groups -OCH3 is 1. The summed E-state index contributed by atoms with van der Waals surface area (Å²) in [5, 5.41) is 34.7. The Morgan fingerprint density at radius 1 is 1.05 bits per heavy atom. The van der Waals surface area contributed by atoms with Crippen LogP contribution in [0.5, 0.6) is 0 Å². The van der Waals surface area contributed by atoms with Crippen LogP contribution in [0, 0.1) is 17.8 Å². The van der Waals surface area contributed by atoms with Gasteiger partial charge in [-0.2, -0.15) is 0 Å². The van der Waals surface area contributed by atoms with E-state index >= 15 is 0 Å². The number of carbonyl (C=O) groups excluding carboxylic acids is 3. The van der Waals surface area contributed by atoms with E-state index in [-0.39, 0.29) is 38.0 Å². The third-order valence-electron chi connectivity index (χ3n) is 11.3. The molecule has 0 aromatic carbocycles. The third kappa shape index (κ3) is 14.4. The van der Waals surface area contributed by atoms with E-state index in [4.69, 9.17) is 37.9 Å². The van der Waals surface area contributed by atoms with Gasteiger partial charge in [0.1, 0.15) is 42.9 Å². The number of aldehydes is 1. The van der Waals surface area contributed by atoms with E-state index in [0.29, 0.717) is 18.9 Å². The van der Waals surface area contributed by atoms with Gasteiger partial charge in [-0.25, -0.2) is 0 Å². The monoisotopic (exact) mass is 828 g/mol. The molecule has 3 aliphatic heterocycles. The van der Waals surface area contributed by atoms with Crippen LogP contribution in [0.3, 0.4) is 0 Å². The van der Waals surface area contributed by atoms with E-state index in [9.17, 15) is 29.7 Å². The minimum atomic E-state index is -1.35. The van der Waals surface area contributed by atoms with Crippen molar-refractivity contribution in [3.63, 3.8) is 0 Å². The number of esters is 2. The molecular formula is C43H73NO14. The lowest BCUT2D eigenvalue weighted by Gasteiger charge is -2.50. The number of likely N-dealkylation sites (N-methyl/N-ethyl adjacent to an activating group) is 1. The first-order valence-corrected chi connectivity index (χ1v) is 21.0. The second kappa shape index (κ2) is 23.6. The van der Waals surface area contributed by atoms with Crippen LogP contribution in [0.1, 0.15) is 100 Å². The maximum absolute atomic E-state index is 13.3. The van der Waals surface area contributed by atoms with E-state index in [1.807, 2.05) is 19.9 Å². The van der Waals surface area contributed by atoms with Crippen molar-refractivity contribution in [2.45, 2.75) is 186 Å². The first-order valence-electron chi connectivity index (χ1n) is 21.0. The van der Waals surface area contributed by atoms with Crippen molar-refractivity contribution in [2.75, 3.05) is 27.8 Å². The number of hydrogen-bond donors (Lipinski definition) is 3. The topological polar surface area (TPSA) is 189 Å². The van der Waals surface area contributed by atoms with E-state index in [1.165, 1.54) is 7.11 Å². The minimum Gasteiger partial charge on any atom is -0.462 e. The van der Waals surface area contributed by atoms with Crippen LogP contribution in [0.2, 0.25) is 0 Å². The molecule has 0 aromatic rings. The Labute approximate surface area is 345 Å². The summed E-state index contributed by atoms with van der Waals surface area (Å²) < 4.78 is 49.5. The zero-order valence-corrected chi connectivity index (χ0v) is 36.6. The summed E-state index contributed by atoms with van der Waals surface area (Å²) in [5.74, 6) is -1.83. The van der Waals surface area contributed by atoms with Crippen LogP contribution in [-0.4, -0.2) is 152 Å². The van der Waals surface area contributed by atoms with E-state index in [2.05, 4.69) is 13.8 Å². The van der Waals surface area contributed by atoms with Crippen molar-refractivity contribution >= 4 is 18.2 Å². The van der Waals surface area contributed by atoms with Gasteiger partial charge in [0.2, 0.25) is 0 Å². The lowest BCUT2D eigenvalue weighted by atomic mass is 9.82. The minimum absolute atomic E-state index is 0.0145. The molecule has 3 rings (SSSR count). The highest BCUT2D eigenvalue weighted by Gasteiger charge is 2.52. The molecule has 58 heavy (non-hydrogen) atoms. The quantitative estimate of drug-likeness (QED) is 0.169. The number of aliphatic hydroxyl groups is 3. The average molecular weight is 828 g/mol. The van der Waals surface area contributed by atoms with Crippen molar-refractivity contribution in [1.29, 1.82) is 0 Å². The highest BCUT2D eigenvalue weighted by atomic mass is 16.7. The van der Waals surface area contributed by atoms with E-state index in [0.717, 1.165) is 12.7 Å². The highest BCUT2D eigenvalue weighted by Crippen LogP contribution is 2.38. The third-order valence-corrected chi connectivity index (χ3v) is 11.3. The molecule has 16 atom stereocenters. The fraction of sp³-hybridized carbons (Fsp3) is 0.837. The number of cyclic esters (lactones) is 1. The summed E-state index contributed by atoms with van der Waals surface area (Å²) in [6.45, 7) is 15.2. The number of hydrogen-bond acceptors (Lipinski definition) is 15. The van der Waals surface area contributed by atoms with Gasteiger partial charge in [0.25, 0.3) is 0 Å². The van der Waals surface area contributed by atoms with Gasteiger partial charge in [-0.1, -0.05) is 52.0 Å². The molecule has 0 spiro atoms. The highest BCUT2D eigenvalue weighted by molar-refractivity contribution is 5.72. The SMILES string of the molecule is CCC(=O)O[C@@H]1CC(=O)O[C@H](C)C/C=C/C=C/[C@H](O)[C@H](C)C[C@H](CC=O)[C@H](O[C@@H]2O[C@H](C)[C@@H](O[C@H]3C[C@@](C)(O)[C@@H](OCCC(C)C)[C@H](C)O3)[C@H](N(C)C)[C@H]2O)C1OC. The molecular weight excluding hydrogens is 754 g/mol. The molecule has 2 fully saturated rings. The average Bonchev–Trinajstić information content (AvgIpc) is 3.13. The summed E-state index contributed by atoms with van der Waals surface area (Å²) >= 11 is 0. The van der Waals surface area contributed by atoms with Gasteiger partial charge in [-0.05, 0) is 72.4 Å². The second-order valence-corrected chi connectivity index (χ2v) is 17.2. The standard InChI is InChI=1S/C43H73NO14/c1-12-33(47)56-32-23-34(48)53-27(5)16-14-13-15-17-31(46)26(4)22-30(18-20-45)39(40(32)51-11)58-42-37(49)36(44(9)10)38(28(6)55-42)57-35-24-43(8,50)41(29(7)54-35)52-21-19-25(2)3/h13-15,17,20,25-32,35-42,46,49-50H,12,16,18-19,21-24H2,1-11H3/b14-13+,17-15+/t26-,27-,28-,29+,30+,31+,32-,35+,36-,37-,38-,39+,40?,41+,42+,43-/m1/s1. The van der Waals surface area contributed by atoms with Crippen LogP contribution in [0.15, 0.2) is 24.3 Å². The Morgan fingerprint density at radius 2 is 1.76 bits per heavy atom. The molecule has 15 nitrogen and oxygen atoms in total. The van der Waals surface area contributed by atoms with Gasteiger partial charge in [0, 0.05) is 39.4 Å². The number of ether oxygens (including phenoxy) is 8. The summed E-state index contributed by atoms with van der Waals surface area (Å²) in [5.41, 5.74) is -1.26. The van der Waals surface area contributed by atoms with Gasteiger partial charge in [-0.15, -0.1) is 0 Å². The number of carbonyl (C=O) groups is 3. The second-order valence-electron chi connectivity index (χ2n) is 17.2. The summed E-state index contributed by atoms with van der Waals surface area (Å²) in [6, 6.07) is -0.724. The Balaban J connectivity index is 1.99. The van der Waals surface area contributed by atoms with Crippen molar-refractivity contribution in [2.24, 2.45) is 17.8 Å². The largest absolute Gasteiger partial charge is 0.462 e. The zero-order valence-electron chi connectivity index (χ0n) is 36.6. The molecule has 3 aliphatic rings. The van der Waals surface area contributed by atoms with Crippen LogP contribution in [0.25, 0.3) is 0 Å². The van der Waals surface area contributed by atoms with Crippen molar-refractivity contribution in [3.05, 3.63) is 24.3 Å². The Hall–Kier alpha value is -2.31. The molecule has 0 aliphatic carbocycles. The number of nitrogens with zero attached hydrogens (tertiary/aromatic N) is 1. The summed E-state index contributed by atoms with van der Waals surface area (Å²) in [4.78, 5) is 40.3. The number of allylic oxidation sites excluding steroid dienone is 2. The van der Waals surface area contributed by atoms with Gasteiger partial charge in [-0.3, -0.25) is 9.59 Å².